The van der Waals surface area contributed by atoms with Crippen LogP contribution in [0.1, 0.15) is 12.5 Å². The van der Waals surface area contributed by atoms with Crippen molar-refractivity contribution >= 4 is 5.97 Å². The van der Waals surface area contributed by atoms with E-state index in [0.717, 1.165) is 0 Å². The third-order valence-electron chi connectivity index (χ3n) is 2.54. The molecule has 86 valence electrons. The van der Waals surface area contributed by atoms with Crippen LogP contribution < -0.4 is 9.47 Å². The van der Waals surface area contributed by atoms with E-state index in [9.17, 15) is 9.90 Å². The summed E-state index contributed by atoms with van der Waals surface area (Å²) in [5.74, 6) is -0.675. The van der Waals surface area contributed by atoms with Gasteiger partial charge in [-0.2, -0.15) is 0 Å². The van der Waals surface area contributed by atoms with Crippen LogP contribution in [-0.2, 0) is 11.2 Å². The molecule has 1 aliphatic rings. The number of phenols is 1. The topological polar surface area (TPSA) is 76.0 Å². The number of aromatic hydroxyl groups is 1. The molecule has 1 aromatic carbocycles. The molecule has 1 aromatic rings. The normalized spacial score (nSPS) is 14.8. The predicted molar refractivity (Wildman–Crippen MR) is 54.7 cm³/mol. The van der Waals surface area contributed by atoms with Crippen molar-refractivity contribution in [1.29, 1.82) is 0 Å². The predicted octanol–water partition coefficient (Wildman–Crippen LogP) is 1.38. The Morgan fingerprint density at radius 2 is 2.25 bits per heavy atom. The van der Waals surface area contributed by atoms with E-state index in [-0.39, 0.29) is 19.0 Å². The van der Waals surface area contributed by atoms with Crippen molar-refractivity contribution in [3.63, 3.8) is 0 Å². The second-order valence-electron chi connectivity index (χ2n) is 3.75. The van der Waals surface area contributed by atoms with Gasteiger partial charge in [-0.15, -0.1) is 0 Å². The Bertz CT molecular complexity index is 427. The van der Waals surface area contributed by atoms with E-state index in [1.54, 1.807) is 19.1 Å². The fraction of sp³-hybridized carbons (Fsp3) is 0.364. The number of phenolic OH excluding ortho intramolecular Hbond substituents is 1. The molecule has 5 heteroatoms. The van der Waals surface area contributed by atoms with Gasteiger partial charge in [0.2, 0.25) is 12.5 Å². The molecule has 1 atom stereocenters. The molecule has 0 aliphatic carbocycles. The van der Waals surface area contributed by atoms with Gasteiger partial charge in [0.25, 0.3) is 0 Å². The molecule has 1 heterocycles. The summed E-state index contributed by atoms with van der Waals surface area (Å²) in [6.07, 6.45) is 0.262. The van der Waals surface area contributed by atoms with Crippen molar-refractivity contribution in [1.82, 2.24) is 0 Å². The van der Waals surface area contributed by atoms with Crippen LogP contribution in [0, 0.1) is 5.92 Å². The Morgan fingerprint density at radius 3 is 2.94 bits per heavy atom. The molecule has 0 bridgehead atoms. The number of hydrogen-bond donors (Lipinski definition) is 2. The first-order valence-corrected chi connectivity index (χ1v) is 4.93. The number of aliphatic carboxylic acids is 1. The molecular formula is C11H12O5. The first-order chi connectivity index (χ1) is 7.59. The highest BCUT2D eigenvalue weighted by molar-refractivity contribution is 5.70. The molecule has 0 saturated heterocycles. The molecular weight excluding hydrogens is 212 g/mol. The summed E-state index contributed by atoms with van der Waals surface area (Å²) < 4.78 is 10.2. The highest BCUT2D eigenvalue weighted by Crippen LogP contribution is 2.42. The highest BCUT2D eigenvalue weighted by atomic mass is 16.7. The van der Waals surface area contributed by atoms with Crippen LogP contribution in [0.5, 0.6) is 17.2 Å². The van der Waals surface area contributed by atoms with Gasteiger partial charge in [0.15, 0.2) is 11.5 Å². The zero-order valence-electron chi connectivity index (χ0n) is 8.77. The average Bonchev–Trinajstić information content (AvgIpc) is 2.70. The van der Waals surface area contributed by atoms with Crippen molar-refractivity contribution < 1.29 is 24.5 Å². The fourth-order valence-corrected chi connectivity index (χ4v) is 1.58. The van der Waals surface area contributed by atoms with E-state index in [1.807, 2.05) is 0 Å². The molecule has 0 radical (unpaired) electrons. The zero-order valence-corrected chi connectivity index (χ0v) is 8.77. The van der Waals surface area contributed by atoms with Crippen LogP contribution in [-0.4, -0.2) is 23.0 Å². The molecule has 1 unspecified atom stereocenters. The molecule has 0 amide bonds. The van der Waals surface area contributed by atoms with Crippen molar-refractivity contribution in [2.24, 2.45) is 5.92 Å². The lowest BCUT2D eigenvalue weighted by Crippen LogP contribution is -2.12. The van der Waals surface area contributed by atoms with Gasteiger partial charge in [-0.05, 0) is 18.1 Å². The molecule has 2 N–H and O–H groups in total. The number of fused-ring (bicyclic) bond motifs is 1. The van der Waals surface area contributed by atoms with Crippen LogP contribution in [0.3, 0.4) is 0 Å². The largest absolute Gasteiger partial charge is 0.504 e. The number of carboxylic acids is 1. The minimum absolute atomic E-state index is 0.0249. The maximum absolute atomic E-state index is 10.7. The van der Waals surface area contributed by atoms with Gasteiger partial charge in [-0.25, -0.2) is 0 Å². The van der Waals surface area contributed by atoms with Gasteiger partial charge in [0.05, 0.1) is 5.92 Å². The van der Waals surface area contributed by atoms with Gasteiger partial charge in [-0.1, -0.05) is 13.0 Å². The Morgan fingerprint density at radius 1 is 1.50 bits per heavy atom. The lowest BCUT2D eigenvalue weighted by atomic mass is 10.00. The Kier molecular flexibility index (Phi) is 2.60. The molecule has 16 heavy (non-hydrogen) atoms. The molecule has 2 rings (SSSR count). The van der Waals surface area contributed by atoms with Gasteiger partial charge in [0, 0.05) is 0 Å². The summed E-state index contributed by atoms with van der Waals surface area (Å²) in [7, 11) is 0. The average molecular weight is 224 g/mol. The highest BCUT2D eigenvalue weighted by Gasteiger charge is 2.22. The van der Waals surface area contributed by atoms with Crippen molar-refractivity contribution in [2.45, 2.75) is 13.3 Å². The molecule has 5 nitrogen and oxygen atoms in total. The fourth-order valence-electron chi connectivity index (χ4n) is 1.58. The quantitative estimate of drug-likeness (QED) is 0.811. The molecule has 0 spiro atoms. The van der Waals surface area contributed by atoms with Crippen LogP contribution in [0.15, 0.2) is 12.1 Å². The Labute approximate surface area is 92.2 Å². The lowest BCUT2D eigenvalue weighted by molar-refractivity contribution is -0.141. The standard InChI is InChI=1S/C11H12O5/c1-6(11(13)14)4-7-2-3-8-10(9(7)12)16-5-15-8/h2-3,6,12H,4-5H2,1H3,(H,13,14). The first kappa shape index (κ1) is 10.6. The SMILES string of the molecule is CC(Cc1ccc2c(c1O)OCO2)C(=O)O. The first-order valence-electron chi connectivity index (χ1n) is 4.93. The second-order valence-corrected chi connectivity index (χ2v) is 3.75. The summed E-state index contributed by atoms with van der Waals surface area (Å²) in [5.41, 5.74) is 0.555. The molecule has 0 saturated carbocycles. The van der Waals surface area contributed by atoms with Gasteiger partial charge in [-0.3, -0.25) is 4.79 Å². The molecule has 0 aromatic heterocycles. The number of carbonyl (C=O) groups is 1. The minimum Gasteiger partial charge on any atom is -0.504 e. The van der Waals surface area contributed by atoms with E-state index >= 15 is 0 Å². The summed E-state index contributed by atoms with van der Waals surface area (Å²) in [6.45, 7) is 1.67. The van der Waals surface area contributed by atoms with E-state index in [4.69, 9.17) is 14.6 Å². The zero-order chi connectivity index (χ0) is 11.7. The van der Waals surface area contributed by atoms with Crippen molar-refractivity contribution in [2.75, 3.05) is 6.79 Å². The number of carboxylic acid groups (broad SMARTS) is 1. The summed E-state index contributed by atoms with van der Waals surface area (Å²) in [6, 6.07) is 3.33. The third kappa shape index (κ3) is 1.76. The molecule has 1 aliphatic heterocycles. The Hall–Kier alpha value is -1.91. The second kappa shape index (κ2) is 3.92. The van der Waals surface area contributed by atoms with E-state index < -0.39 is 11.9 Å². The van der Waals surface area contributed by atoms with E-state index in [2.05, 4.69) is 0 Å². The third-order valence-corrected chi connectivity index (χ3v) is 2.54. The smallest absolute Gasteiger partial charge is 0.306 e. The molecule has 0 fully saturated rings. The van der Waals surface area contributed by atoms with Crippen molar-refractivity contribution in [3.05, 3.63) is 17.7 Å². The monoisotopic (exact) mass is 224 g/mol. The number of rotatable bonds is 3. The van der Waals surface area contributed by atoms with Crippen molar-refractivity contribution in [3.8, 4) is 17.2 Å². The van der Waals surface area contributed by atoms with Crippen LogP contribution in [0.4, 0.5) is 0 Å². The number of benzene rings is 1. The summed E-state index contributed by atoms with van der Waals surface area (Å²) in [4.78, 5) is 10.7. The van der Waals surface area contributed by atoms with Crippen LogP contribution in [0.25, 0.3) is 0 Å². The number of hydrogen-bond acceptors (Lipinski definition) is 4. The number of ether oxygens (including phenoxy) is 2. The maximum atomic E-state index is 10.7. The minimum atomic E-state index is -0.892. The lowest BCUT2D eigenvalue weighted by Gasteiger charge is -2.09. The van der Waals surface area contributed by atoms with Gasteiger partial charge in [0.1, 0.15) is 0 Å². The van der Waals surface area contributed by atoms with E-state index in [0.29, 0.717) is 17.1 Å². The van der Waals surface area contributed by atoms with Crippen LogP contribution in [0.2, 0.25) is 0 Å². The summed E-state index contributed by atoms with van der Waals surface area (Å²) in [5, 5.41) is 18.6. The summed E-state index contributed by atoms with van der Waals surface area (Å²) >= 11 is 0. The Balaban J connectivity index is 2.26. The van der Waals surface area contributed by atoms with Crippen LogP contribution >= 0.6 is 0 Å². The van der Waals surface area contributed by atoms with Gasteiger partial charge >= 0.3 is 5.97 Å². The van der Waals surface area contributed by atoms with Gasteiger partial charge < -0.3 is 19.7 Å². The maximum Gasteiger partial charge on any atom is 0.306 e. The van der Waals surface area contributed by atoms with E-state index in [1.165, 1.54) is 0 Å².